The minimum atomic E-state index is -4.55. The van der Waals surface area contributed by atoms with Crippen LogP contribution >= 0.6 is 0 Å². The molecule has 0 aliphatic heterocycles. The summed E-state index contributed by atoms with van der Waals surface area (Å²) in [5.74, 6) is -0.617. The Morgan fingerprint density at radius 1 is 1.35 bits per heavy atom. The molecule has 0 spiro atoms. The lowest BCUT2D eigenvalue weighted by molar-refractivity contribution is -0.117. The van der Waals surface area contributed by atoms with E-state index in [9.17, 15) is 13.2 Å². The first-order chi connectivity index (χ1) is 7.95. The fraction of sp³-hybridized carbons (Fsp3) is 0.200. The van der Waals surface area contributed by atoms with E-state index in [-0.39, 0.29) is 12.0 Å². The van der Waals surface area contributed by atoms with Gasteiger partial charge in [0.15, 0.2) is 0 Å². The zero-order chi connectivity index (χ0) is 12.6. The van der Waals surface area contributed by atoms with E-state index in [1.807, 2.05) is 0 Å². The van der Waals surface area contributed by atoms with Crippen LogP contribution in [0.4, 0.5) is 0 Å². The number of rotatable bonds is 1. The van der Waals surface area contributed by atoms with Crippen molar-refractivity contribution in [1.82, 2.24) is 0 Å². The molecule has 1 unspecified atom stereocenters. The second kappa shape index (κ2) is 3.89. The van der Waals surface area contributed by atoms with E-state index in [1.54, 1.807) is 18.2 Å². The third-order valence-electron chi connectivity index (χ3n) is 2.63. The standard InChI is InChI=1S/C10H8N2O4S/c11-12-9-8(13)5-6-3-1-2-4-7(6)10(9)17(14,15)16/h1-4,10H,5H2,(H,14,15,16). The SMILES string of the molecule is [N-]=[N+]=C1C(=O)Cc2ccccc2C1S(=O)(=O)O. The van der Waals surface area contributed by atoms with Gasteiger partial charge < -0.3 is 5.53 Å². The maximum Gasteiger partial charge on any atom is 0.359 e. The van der Waals surface area contributed by atoms with Crippen LogP contribution in [0.25, 0.3) is 5.53 Å². The molecular formula is C10H8N2O4S. The minimum absolute atomic E-state index is 0.0401. The number of carbonyl (C=O) groups excluding carboxylic acids is 1. The van der Waals surface area contributed by atoms with E-state index in [1.165, 1.54) is 6.07 Å². The van der Waals surface area contributed by atoms with Crippen LogP contribution in [0.1, 0.15) is 16.4 Å². The van der Waals surface area contributed by atoms with Gasteiger partial charge in [0.25, 0.3) is 10.1 Å². The molecule has 0 saturated carbocycles. The number of benzene rings is 1. The van der Waals surface area contributed by atoms with Gasteiger partial charge in [-0.2, -0.15) is 13.2 Å². The molecule has 6 nitrogen and oxygen atoms in total. The molecule has 88 valence electrons. The summed E-state index contributed by atoms with van der Waals surface area (Å²) in [5, 5.41) is -1.61. The summed E-state index contributed by atoms with van der Waals surface area (Å²) in [5.41, 5.74) is 8.94. The van der Waals surface area contributed by atoms with Crippen molar-refractivity contribution in [2.45, 2.75) is 11.7 Å². The highest BCUT2D eigenvalue weighted by atomic mass is 32.2. The molecule has 0 aromatic heterocycles. The summed E-state index contributed by atoms with van der Waals surface area (Å²) < 4.78 is 31.7. The first-order valence-electron chi connectivity index (χ1n) is 4.74. The molecule has 1 aliphatic carbocycles. The predicted molar refractivity (Wildman–Crippen MR) is 58.1 cm³/mol. The summed E-state index contributed by atoms with van der Waals surface area (Å²) >= 11 is 0. The average molecular weight is 252 g/mol. The van der Waals surface area contributed by atoms with Crippen molar-refractivity contribution in [2.75, 3.05) is 0 Å². The van der Waals surface area contributed by atoms with Gasteiger partial charge in [-0.25, -0.2) is 0 Å². The Balaban J connectivity index is 2.76. The summed E-state index contributed by atoms with van der Waals surface area (Å²) in [7, 11) is -4.55. The molecule has 1 N–H and O–H groups in total. The number of nitrogens with zero attached hydrogens (tertiary/aromatic N) is 2. The van der Waals surface area contributed by atoms with Gasteiger partial charge in [0.05, 0.1) is 0 Å². The van der Waals surface area contributed by atoms with E-state index in [4.69, 9.17) is 10.1 Å². The number of hydrogen-bond donors (Lipinski definition) is 1. The Bertz CT molecular complexity index is 644. The van der Waals surface area contributed by atoms with Gasteiger partial charge in [-0.3, -0.25) is 9.35 Å². The highest BCUT2D eigenvalue weighted by Gasteiger charge is 2.46. The van der Waals surface area contributed by atoms with Crippen LogP contribution in [-0.4, -0.2) is 29.3 Å². The number of ketones is 1. The Labute approximate surface area is 97.3 Å². The lowest BCUT2D eigenvalue weighted by Gasteiger charge is -2.18. The molecule has 1 aromatic rings. The molecule has 7 heteroatoms. The number of fused-ring (bicyclic) bond motifs is 1. The summed E-state index contributed by atoms with van der Waals surface area (Å²) in [4.78, 5) is 14.3. The van der Waals surface area contributed by atoms with Gasteiger partial charge in [-0.05, 0) is 11.1 Å². The average Bonchev–Trinajstić information content (AvgIpc) is 2.25. The number of hydrogen-bond acceptors (Lipinski definition) is 3. The van der Waals surface area contributed by atoms with Crippen molar-refractivity contribution >= 4 is 21.6 Å². The normalized spacial score (nSPS) is 19.7. The Morgan fingerprint density at radius 3 is 2.59 bits per heavy atom. The number of carbonyl (C=O) groups is 1. The molecule has 0 amide bonds. The van der Waals surface area contributed by atoms with Crippen LogP contribution in [0.3, 0.4) is 0 Å². The molecule has 0 fully saturated rings. The van der Waals surface area contributed by atoms with E-state index < -0.39 is 26.9 Å². The molecule has 0 heterocycles. The molecule has 0 bridgehead atoms. The third kappa shape index (κ3) is 1.91. The fourth-order valence-corrected chi connectivity index (χ4v) is 2.93. The number of Topliss-reactive ketones (excluding diaryl/α,β-unsaturated/α-hetero) is 1. The Morgan fingerprint density at radius 2 is 2.00 bits per heavy atom. The molecule has 0 saturated heterocycles. The smallest absolute Gasteiger partial charge is 0.359 e. The van der Waals surface area contributed by atoms with Crippen LogP contribution in [0, 0.1) is 0 Å². The molecule has 2 rings (SSSR count). The monoisotopic (exact) mass is 252 g/mol. The summed E-state index contributed by atoms with van der Waals surface area (Å²) in [6, 6.07) is 6.32. The quantitative estimate of drug-likeness (QED) is 0.443. The van der Waals surface area contributed by atoms with Gasteiger partial charge in [0.1, 0.15) is 0 Å². The molecule has 17 heavy (non-hydrogen) atoms. The van der Waals surface area contributed by atoms with Gasteiger partial charge in [0, 0.05) is 6.42 Å². The summed E-state index contributed by atoms with van der Waals surface area (Å²) in [6.07, 6.45) is -0.0401. The van der Waals surface area contributed by atoms with Crippen molar-refractivity contribution in [3.8, 4) is 0 Å². The largest absolute Gasteiger partial charge is 0.361 e. The molecule has 0 radical (unpaired) electrons. The van der Waals surface area contributed by atoms with Crippen LogP contribution in [-0.2, 0) is 21.3 Å². The van der Waals surface area contributed by atoms with Crippen molar-refractivity contribution in [2.24, 2.45) is 0 Å². The van der Waals surface area contributed by atoms with Gasteiger partial charge in [-0.1, -0.05) is 24.3 Å². The van der Waals surface area contributed by atoms with Crippen LogP contribution in [0.5, 0.6) is 0 Å². The molecule has 1 aliphatic rings. The molecular weight excluding hydrogens is 244 g/mol. The minimum Gasteiger partial charge on any atom is -0.361 e. The first-order valence-corrected chi connectivity index (χ1v) is 6.24. The first kappa shape index (κ1) is 11.7. The Hall–Kier alpha value is -1.82. The van der Waals surface area contributed by atoms with Crippen LogP contribution in [0.15, 0.2) is 24.3 Å². The second-order valence-electron chi connectivity index (χ2n) is 3.68. The topological polar surface area (TPSA) is 108 Å². The highest BCUT2D eigenvalue weighted by Crippen LogP contribution is 2.30. The lowest BCUT2D eigenvalue weighted by atomic mass is 9.89. The zero-order valence-electron chi connectivity index (χ0n) is 8.57. The predicted octanol–water partition coefficient (Wildman–Crippen LogP) is 0.412. The van der Waals surface area contributed by atoms with Crippen LogP contribution < -0.4 is 0 Å². The molecule has 1 atom stereocenters. The van der Waals surface area contributed by atoms with E-state index in [0.29, 0.717) is 5.56 Å². The Kier molecular flexibility index (Phi) is 2.66. The highest BCUT2D eigenvalue weighted by molar-refractivity contribution is 7.87. The third-order valence-corrected chi connectivity index (χ3v) is 3.70. The van der Waals surface area contributed by atoms with E-state index in [2.05, 4.69) is 4.79 Å². The maximum absolute atomic E-state index is 11.6. The van der Waals surface area contributed by atoms with E-state index in [0.717, 1.165) is 0 Å². The summed E-state index contributed by atoms with van der Waals surface area (Å²) in [6.45, 7) is 0. The van der Waals surface area contributed by atoms with Crippen LogP contribution in [0.2, 0.25) is 0 Å². The lowest BCUT2D eigenvalue weighted by Crippen LogP contribution is -2.35. The van der Waals surface area contributed by atoms with Gasteiger partial charge in [-0.15, -0.1) is 0 Å². The second-order valence-corrected chi connectivity index (χ2v) is 5.18. The van der Waals surface area contributed by atoms with Crippen molar-refractivity contribution < 1.29 is 22.6 Å². The van der Waals surface area contributed by atoms with Crippen molar-refractivity contribution in [3.05, 3.63) is 40.9 Å². The fourth-order valence-electron chi connectivity index (χ4n) is 1.92. The van der Waals surface area contributed by atoms with Gasteiger partial charge >= 0.3 is 5.71 Å². The maximum atomic E-state index is 11.6. The van der Waals surface area contributed by atoms with Crippen molar-refractivity contribution in [1.29, 1.82) is 0 Å². The van der Waals surface area contributed by atoms with E-state index >= 15 is 0 Å². The van der Waals surface area contributed by atoms with Crippen molar-refractivity contribution in [3.63, 3.8) is 0 Å². The molecule has 1 aromatic carbocycles. The van der Waals surface area contributed by atoms with Gasteiger partial charge in [0.2, 0.25) is 11.0 Å². The zero-order valence-corrected chi connectivity index (χ0v) is 9.38.